The summed E-state index contributed by atoms with van der Waals surface area (Å²) in [6, 6.07) is 7.66. The minimum atomic E-state index is -3.37. The van der Waals surface area contributed by atoms with E-state index in [9.17, 15) is 8.42 Å². The van der Waals surface area contributed by atoms with Gasteiger partial charge in [0.15, 0.2) is 0 Å². The number of sulfonamides is 1. The Bertz CT molecular complexity index is 569. The van der Waals surface area contributed by atoms with E-state index in [1.165, 1.54) is 0 Å². The van der Waals surface area contributed by atoms with Crippen LogP contribution >= 0.6 is 0 Å². The highest BCUT2D eigenvalue weighted by Gasteiger charge is 2.32. The van der Waals surface area contributed by atoms with Crippen LogP contribution < -0.4 is 5.32 Å². The zero-order valence-corrected chi connectivity index (χ0v) is 14.0. The van der Waals surface area contributed by atoms with Gasteiger partial charge in [-0.1, -0.05) is 45.4 Å². The van der Waals surface area contributed by atoms with Crippen LogP contribution in [-0.4, -0.2) is 31.9 Å². The third kappa shape index (κ3) is 3.84. The van der Waals surface area contributed by atoms with E-state index in [1.807, 2.05) is 12.1 Å². The molecule has 0 bridgehead atoms. The van der Waals surface area contributed by atoms with E-state index in [4.69, 9.17) is 0 Å². The molecule has 1 aliphatic rings. The summed E-state index contributed by atoms with van der Waals surface area (Å²) >= 11 is 0. The SMILES string of the molecule is CCC1CCN(S(=O)(=O)c2ccccc2CNC(C)C)C1. The van der Waals surface area contributed by atoms with Crippen molar-refractivity contribution in [1.82, 2.24) is 9.62 Å². The van der Waals surface area contributed by atoms with Gasteiger partial charge in [-0.05, 0) is 24.0 Å². The first kappa shape index (κ1) is 16.5. The first-order chi connectivity index (χ1) is 9.95. The third-order valence-corrected chi connectivity index (χ3v) is 6.08. The molecule has 0 aromatic heterocycles. The Morgan fingerprint density at radius 1 is 1.33 bits per heavy atom. The van der Waals surface area contributed by atoms with Gasteiger partial charge in [-0.25, -0.2) is 8.42 Å². The third-order valence-electron chi connectivity index (χ3n) is 4.12. The van der Waals surface area contributed by atoms with Gasteiger partial charge in [0.25, 0.3) is 0 Å². The molecule has 1 aliphatic heterocycles. The van der Waals surface area contributed by atoms with Gasteiger partial charge in [-0.3, -0.25) is 0 Å². The molecule has 4 nitrogen and oxygen atoms in total. The molecule has 1 N–H and O–H groups in total. The number of rotatable bonds is 6. The summed E-state index contributed by atoms with van der Waals surface area (Å²) in [5, 5.41) is 3.30. The predicted molar refractivity (Wildman–Crippen MR) is 85.6 cm³/mol. The average molecular weight is 310 g/mol. The summed E-state index contributed by atoms with van der Waals surface area (Å²) < 4.78 is 27.4. The maximum atomic E-state index is 12.9. The van der Waals surface area contributed by atoms with Crippen molar-refractivity contribution in [2.75, 3.05) is 13.1 Å². The molecule has 0 spiro atoms. The van der Waals surface area contributed by atoms with E-state index in [2.05, 4.69) is 26.1 Å². The highest BCUT2D eigenvalue weighted by molar-refractivity contribution is 7.89. The van der Waals surface area contributed by atoms with E-state index in [0.717, 1.165) is 18.4 Å². The Balaban J connectivity index is 2.24. The highest BCUT2D eigenvalue weighted by Crippen LogP contribution is 2.27. The first-order valence-corrected chi connectivity index (χ1v) is 9.20. The lowest BCUT2D eigenvalue weighted by molar-refractivity contribution is 0.451. The van der Waals surface area contributed by atoms with Crippen molar-refractivity contribution >= 4 is 10.0 Å². The highest BCUT2D eigenvalue weighted by atomic mass is 32.2. The number of hydrogen-bond donors (Lipinski definition) is 1. The Hall–Kier alpha value is -0.910. The van der Waals surface area contributed by atoms with Crippen molar-refractivity contribution in [3.05, 3.63) is 29.8 Å². The van der Waals surface area contributed by atoms with Crippen LogP contribution in [0.3, 0.4) is 0 Å². The van der Waals surface area contributed by atoms with E-state index in [1.54, 1.807) is 16.4 Å². The van der Waals surface area contributed by atoms with Crippen LogP contribution in [0.15, 0.2) is 29.2 Å². The molecule has 0 aliphatic carbocycles. The molecule has 1 saturated heterocycles. The molecule has 5 heteroatoms. The van der Waals surface area contributed by atoms with Gasteiger partial charge in [-0.2, -0.15) is 4.31 Å². The van der Waals surface area contributed by atoms with Crippen LogP contribution in [0.4, 0.5) is 0 Å². The minimum Gasteiger partial charge on any atom is -0.310 e. The first-order valence-electron chi connectivity index (χ1n) is 7.76. The molecule has 1 unspecified atom stereocenters. The molecule has 1 fully saturated rings. The number of hydrogen-bond acceptors (Lipinski definition) is 3. The average Bonchev–Trinajstić information content (AvgIpc) is 2.95. The largest absolute Gasteiger partial charge is 0.310 e. The van der Waals surface area contributed by atoms with E-state index >= 15 is 0 Å². The van der Waals surface area contributed by atoms with Gasteiger partial charge in [0.05, 0.1) is 4.90 Å². The second-order valence-electron chi connectivity index (χ2n) is 6.07. The maximum Gasteiger partial charge on any atom is 0.243 e. The van der Waals surface area contributed by atoms with Crippen LogP contribution in [0, 0.1) is 5.92 Å². The maximum absolute atomic E-state index is 12.9. The van der Waals surface area contributed by atoms with E-state index in [0.29, 0.717) is 36.5 Å². The standard InChI is InChI=1S/C16H26N2O2S/c1-4-14-9-10-18(12-14)21(19,20)16-8-6-5-7-15(16)11-17-13(2)3/h5-8,13-14,17H,4,9-12H2,1-3H3. The molecular formula is C16H26N2O2S. The van der Waals surface area contributed by atoms with Gasteiger partial charge < -0.3 is 5.32 Å². The van der Waals surface area contributed by atoms with Crippen molar-refractivity contribution in [2.45, 2.75) is 51.1 Å². The fourth-order valence-electron chi connectivity index (χ4n) is 2.70. The van der Waals surface area contributed by atoms with Crippen molar-refractivity contribution < 1.29 is 8.42 Å². The van der Waals surface area contributed by atoms with Crippen LogP contribution in [0.5, 0.6) is 0 Å². The van der Waals surface area contributed by atoms with Crippen LogP contribution in [0.2, 0.25) is 0 Å². The van der Waals surface area contributed by atoms with Gasteiger partial charge in [0.1, 0.15) is 0 Å². The Labute approximate surface area is 128 Å². The zero-order valence-electron chi connectivity index (χ0n) is 13.2. The van der Waals surface area contributed by atoms with Crippen molar-refractivity contribution in [1.29, 1.82) is 0 Å². The summed E-state index contributed by atoms with van der Waals surface area (Å²) in [5.41, 5.74) is 0.853. The van der Waals surface area contributed by atoms with E-state index in [-0.39, 0.29) is 0 Å². The fraction of sp³-hybridized carbons (Fsp3) is 0.625. The summed E-state index contributed by atoms with van der Waals surface area (Å²) in [7, 11) is -3.37. The van der Waals surface area contributed by atoms with Crippen LogP contribution in [0.1, 0.15) is 39.2 Å². The molecule has 1 aromatic carbocycles. The van der Waals surface area contributed by atoms with Crippen molar-refractivity contribution in [3.63, 3.8) is 0 Å². The molecule has 1 aromatic rings. The van der Waals surface area contributed by atoms with E-state index < -0.39 is 10.0 Å². The van der Waals surface area contributed by atoms with Crippen LogP contribution in [0.25, 0.3) is 0 Å². The molecule has 21 heavy (non-hydrogen) atoms. The quantitative estimate of drug-likeness (QED) is 0.878. The van der Waals surface area contributed by atoms with Crippen molar-refractivity contribution in [2.24, 2.45) is 5.92 Å². The summed E-state index contributed by atoms with van der Waals surface area (Å²) in [5.74, 6) is 0.501. The lowest BCUT2D eigenvalue weighted by Crippen LogP contribution is -2.30. The van der Waals surface area contributed by atoms with Gasteiger partial charge in [-0.15, -0.1) is 0 Å². The van der Waals surface area contributed by atoms with Gasteiger partial charge in [0, 0.05) is 25.7 Å². The Kier molecular flexibility index (Phi) is 5.41. The molecule has 1 heterocycles. The number of nitrogens with one attached hydrogen (secondary N) is 1. The predicted octanol–water partition coefficient (Wildman–Crippen LogP) is 2.61. The zero-order chi connectivity index (χ0) is 15.5. The summed E-state index contributed by atoms with van der Waals surface area (Å²) in [6.45, 7) is 8.13. The summed E-state index contributed by atoms with van der Waals surface area (Å²) in [6.07, 6.45) is 2.02. The van der Waals surface area contributed by atoms with Gasteiger partial charge in [0.2, 0.25) is 10.0 Å². The Morgan fingerprint density at radius 3 is 2.67 bits per heavy atom. The molecule has 0 amide bonds. The molecule has 0 saturated carbocycles. The summed E-state index contributed by atoms with van der Waals surface area (Å²) in [4.78, 5) is 0.454. The molecule has 118 valence electrons. The fourth-order valence-corrected chi connectivity index (χ4v) is 4.46. The monoisotopic (exact) mass is 310 g/mol. The minimum absolute atomic E-state index is 0.331. The molecule has 2 rings (SSSR count). The lowest BCUT2D eigenvalue weighted by atomic mass is 10.1. The molecular weight excluding hydrogens is 284 g/mol. The topological polar surface area (TPSA) is 49.4 Å². The second-order valence-corrected chi connectivity index (χ2v) is 7.98. The Morgan fingerprint density at radius 2 is 2.05 bits per heavy atom. The van der Waals surface area contributed by atoms with Crippen LogP contribution in [-0.2, 0) is 16.6 Å². The van der Waals surface area contributed by atoms with Gasteiger partial charge >= 0.3 is 0 Å². The van der Waals surface area contributed by atoms with Crippen molar-refractivity contribution in [3.8, 4) is 0 Å². The lowest BCUT2D eigenvalue weighted by Gasteiger charge is -2.19. The molecule has 0 radical (unpaired) electrons. The number of nitrogens with zero attached hydrogens (tertiary/aromatic N) is 1. The second kappa shape index (κ2) is 6.90. The molecule has 1 atom stereocenters. The normalized spacial score (nSPS) is 20.3. The number of benzene rings is 1. The smallest absolute Gasteiger partial charge is 0.243 e.